The molecule has 0 radical (unpaired) electrons. The molecule has 3 nitrogen and oxygen atoms in total. The van der Waals surface area contributed by atoms with E-state index in [0.717, 1.165) is 6.42 Å². The number of thioether (sulfide) groups is 1. The van der Waals surface area contributed by atoms with Crippen LogP contribution in [0.3, 0.4) is 0 Å². The Balaban J connectivity index is 2.26. The number of nitrogens with zero attached hydrogens (tertiary/aromatic N) is 1. The first-order valence-electron chi connectivity index (χ1n) is 6.54. The van der Waals surface area contributed by atoms with Gasteiger partial charge in [0, 0.05) is 18.7 Å². The molecule has 1 saturated heterocycles. The minimum atomic E-state index is -0.237. The maximum absolute atomic E-state index is 13.9. The molecule has 19 heavy (non-hydrogen) atoms. The normalized spacial score (nSPS) is 23.1. The highest BCUT2D eigenvalue weighted by Crippen LogP contribution is 2.44. The predicted octanol–water partition coefficient (Wildman–Crippen LogP) is 2.40. The lowest BCUT2D eigenvalue weighted by molar-refractivity contribution is -0.130. The van der Waals surface area contributed by atoms with Gasteiger partial charge in [0.25, 0.3) is 0 Å². The topological polar surface area (TPSA) is 32.3 Å². The number of rotatable bonds is 5. The Morgan fingerprint density at radius 1 is 1.42 bits per heavy atom. The van der Waals surface area contributed by atoms with Crippen LogP contribution >= 0.6 is 11.8 Å². The summed E-state index contributed by atoms with van der Waals surface area (Å²) in [7, 11) is 1.85. The zero-order chi connectivity index (χ0) is 13.8. The molecule has 0 spiro atoms. The van der Waals surface area contributed by atoms with Gasteiger partial charge in [-0.05, 0) is 19.5 Å². The lowest BCUT2D eigenvalue weighted by Gasteiger charge is -2.24. The van der Waals surface area contributed by atoms with Crippen LogP contribution in [0, 0.1) is 5.82 Å². The maximum atomic E-state index is 13.9. The van der Waals surface area contributed by atoms with Gasteiger partial charge in [-0.1, -0.05) is 25.1 Å². The van der Waals surface area contributed by atoms with Gasteiger partial charge in [-0.3, -0.25) is 4.79 Å². The standard InChI is InChI=1S/C14H19FN2OS/c1-3-12-13(18)17(9-8-16-2)14(19-12)10-6-4-5-7-11(10)15/h4-7,12,14,16H,3,8-9H2,1-2H3/t12-,14+/m1/s1. The van der Waals surface area contributed by atoms with Crippen molar-refractivity contribution in [3.8, 4) is 0 Å². The van der Waals surface area contributed by atoms with E-state index in [-0.39, 0.29) is 22.3 Å². The number of carbonyl (C=O) groups excluding carboxylic acids is 1. The highest BCUT2D eigenvalue weighted by Gasteiger charge is 2.40. The molecule has 1 aliphatic heterocycles. The van der Waals surface area contributed by atoms with E-state index in [1.807, 2.05) is 20.0 Å². The fourth-order valence-corrected chi connectivity index (χ4v) is 3.68. The fourth-order valence-electron chi connectivity index (χ4n) is 2.23. The van der Waals surface area contributed by atoms with Crippen LogP contribution in [0.4, 0.5) is 4.39 Å². The van der Waals surface area contributed by atoms with Crippen LogP contribution in [-0.4, -0.2) is 36.2 Å². The summed E-state index contributed by atoms with van der Waals surface area (Å²) in [5, 5.41) is 2.78. The Morgan fingerprint density at radius 2 is 2.16 bits per heavy atom. The van der Waals surface area contributed by atoms with Crippen LogP contribution < -0.4 is 5.32 Å². The van der Waals surface area contributed by atoms with E-state index in [4.69, 9.17) is 0 Å². The van der Waals surface area contributed by atoms with E-state index in [1.54, 1.807) is 28.8 Å². The number of carbonyl (C=O) groups is 1. The molecule has 0 bridgehead atoms. The predicted molar refractivity (Wildman–Crippen MR) is 76.5 cm³/mol. The van der Waals surface area contributed by atoms with Crippen molar-refractivity contribution < 1.29 is 9.18 Å². The second-order valence-corrected chi connectivity index (χ2v) is 5.83. The molecule has 1 fully saturated rings. The zero-order valence-electron chi connectivity index (χ0n) is 11.2. The largest absolute Gasteiger partial charge is 0.324 e. The molecule has 1 aromatic rings. The quantitative estimate of drug-likeness (QED) is 0.900. The summed E-state index contributed by atoms with van der Waals surface area (Å²) < 4.78 is 13.9. The Labute approximate surface area is 117 Å². The molecule has 5 heteroatoms. The summed E-state index contributed by atoms with van der Waals surface area (Å²) in [5.41, 5.74) is 0.605. The van der Waals surface area contributed by atoms with Crippen molar-refractivity contribution in [3.63, 3.8) is 0 Å². The number of hydrogen-bond acceptors (Lipinski definition) is 3. The monoisotopic (exact) mass is 282 g/mol. The molecule has 0 unspecified atom stereocenters. The average molecular weight is 282 g/mol. The number of halogens is 1. The van der Waals surface area contributed by atoms with E-state index in [0.29, 0.717) is 18.7 Å². The van der Waals surface area contributed by atoms with Gasteiger partial charge >= 0.3 is 0 Å². The second kappa shape index (κ2) is 6.39. The van der Waals surface area contributed by atoms with Crippen LogP contribution in [-0.2, 0) is 4.79 Å². The van der Waals surface area contributed by atoms with Crippen LogP contribution in [0.15, 0.2) is 24.3 Å². The van der Waals surface area contributed by atoms with Crippen LogP contribution in [0.1, 0.15) is 24.3 Å². The molecule has 0 aromatic heterocycles. The van der Waals surface area contributed by atoms with Crippen molar-refractivity contribution in [1.82, 2.24) is 10.2 Å². The Bertz CT molecular complexity index is 455. The fraction of sp³-hybridized carbons (Fsp3) is 0.500. The summed E-state index contributed by atoms with van der Waals surface area (Å²) in [4.78, 5) is 14.1. The summed E-state index contributed by atoms with van der Waals surface area (Å²) in [6.07, 6.45) is 0.782. The second-order valence-electron chi connectivity index (χ2n) is 4.54. The summed E-state index contributed by atoms with van der Waals surface area (Å²) >= 11 is 1.55. The molecule has 0 saturated carbocycles. The molecule has 1 N–H and O–H groups in total. The van der Waals surface area contributed by atoms with Gasteiger partial charge in [0.2, 0.25) is 5.91 Å². The average Bonchev–Trinajstić information content (AvgIpc) is 2.73. The van der Waals surface area contributed by atoms with E-state index >= 15 is 0 Å². The van der Waals surface area contributed by atoms with Crippen molar-refractivity contribution in [3.05, 3.63) is 35.6 Å². The first-order chi connectivity index (χ1) is 9.19. The summed E-state index contributed by atoms with van der Waals surface area (Å²) in [6, 6.07) is 6.72. The first-order valence-corrected chi connectivity index (χ1v) is 7.48. The zero-order valence-corrected chi connectivity index (χ0v) is 12.0. The van der Waals surface area contributed by atoms with E-state index < -0.39 is 0 Å². The van der Waals surface area contributed by atoms with Crippen LogP contribution in [0.25, 0.3) is 0 Å². The van der Waals surface area contributed by atoms with Gasteiger partial charge in [-0.15, -0.1) is 11.8 Å². The Morgan fingerprint density at radius 3 is 2.79 bits per heavy atom. The summed E-state index contributed by atoms with van der Waals surface area (Å²) in [6.45, 7) is 3.32. The van der Waals surface area contributed by atoms with Crippen LogP contribution in [0.2, 0.25) is 0 Å². The molecule has 1 aliphatic rings. The number of amides is 1. The number of nitrogens with one attached hydrogen (secondary N) is 1. The number of benzene rings is 1. The number of hydrogen-bond donors (Lipinski definition) is 1. The molecule has 1 aromatic carbocycles. The van der Waals surface area contributed by atoms with Gasteiger partial charge in [-0.2, -0.15) is 0 Å². The van der Waals surface area contributed by atoms with Crippen molar-refractivity contribution in [2.45, 2.75) is 24.0 Å². The smallest absolute Gasteiger partial charge is 0.236 e. The SMILES string of the molecule is CC[C@H]1S[C@@H](c2ccccc2F)N(CCNC)C1=O. The summed E-state index contributed by atoms with van der Waals surface area (Å²) in [5.74, 6) is -0.116. The third-order valence-electron chi connectivity index (χ3n) is 3.28. The molecule has 1 heterocycles. The molecule has 2 rings (SSSR count). The van der Waals surface area contributed by atoms with E-state index in [9.17, 15) is 9.18 Å². The van der Waals surface area contributed by atoms with Crippen LogP contribution in [0.5, 0.6) is 0 Å². The van der Waals surface area contributed by atoms with Gasteiger partial charge in [0.05, 0.1) is 5.25 Å². The van der Waals surface area contributed by atoms with Gasteiger partial charge in [-0.25, -0.2) is 4.39 Å². The molecular weight excluding hydrogens is 263 g/mol. The lowest BCUT2D eigenvalue weighted by atomic mass is 10.2. The van der Waals surface area contributed by atoms with Gasteiger partial charge in [0.15, 0.2) is 0 Å². The van der Waals surface area contributed by atoms with E-state index in [2.05, 4.69) is 5.32 Å². The van der Waals surface area contributed by atoms with Crippen molar-refractivity contribution in [2.75, 3.05) is 20.1 Å². The molecule has 104 valence electrons. The van der Waals surface area contributed by atoms with Crippen molar-refractivity contribution in [1.29, 1.82) is 0 Å². The molecule has 0 aliphatic carbocycles. The maximum Gasteiger partial charge on any atom is 0.236 e. The highest BCUT2D eigenvalue weighted by molar-refractivity contribution is 8.01. The highest BCUT2D eigenvalue weighted by atomic mass is 32.2. The Kier molecular flexibility index (Phi) is 4.82. The minimum absolute atomic E-state index is 0.0542. The van der Waals surface area contributed by atoms with E-state index in [1.165, 1.54) is 6.07 Å². The molecule has 2 atom stereocenters. The third-order valence-corrected chi connectivity index (χ3v) is 4.91. The molecular formula is C14H19FN2OS. The number of likely N-dealkylation sites (N-methyl/N-ethyl adjacent to an activating group) is 1. The first kappa shape index (κ1) is 14.3. The van der Waals surface area contributed by atoms with Crippen molar-refractivity contribution >= 4 is 17.7 Å². The molecule has 1 amide bonds. The third kappa shape index (κ3) is 2.92. The van der Waals surface area contributed by atoms with Gasteiger partial charge < -0.3 is 10.2 Å². The lowest BCUT2D eigenvalue weighted by Crippen LogP contribution is -2.36. The van der Waals surface area contributed by atoms with Gasteiger partial charge in [0.1, 0.15) is 11.2 Å². The minimum Gasteiger partial charge on any atom is -0.324 e. The Hall–Kier alpha value is -1.07. The van der Waals surface area contributed by atoms with Crippen molar-refractivity contribution in [2.24, 2.45) is 0 Å².